The summed E-state index contributed by atoms with van der Waals surface area (Å²) < 4.78 is 68.8. The molecule has 1 aromatic carbocycles. The first-order valence-corrected chi connectivity index (χ1v) is 19.4. The predicted molar refractivity (Wildman–Crippen MR) is 195 cm³/mol. The lowest BCUT2D eigenvalue weighted by molar-refractivity contribution is -0.140. The standard InChI is InChI=1S/C26H26F5N3O3.C14H15BrN2O2/c1-11-5-15(17(10-32-11)12(2)35)25(37)34-21-6-14(21)7-22(34)24(36)33-23(13-3-4-13)16-8-20(28)18(9-19(16)27)26(29,30)31;1-7-3-10(11(15)6-16-7)14(19)17-12(8(2)18)4-9-5-13(9)17/h5,8-10,12-14,21-23,35H,3-4,6-7H2,1-2H3,(H,33,36);3,6,9,12-13H,4-5H2,1-2H3/t12?,14-,21-,22-,23-;9-,12+,13+/m10/s1. The minimum atomic E-state index is -5.05. The Labute approximate surface area is 328 Å². The summed E-state index contributed by atoms with van der Waals surface area (Å²) >= 11 is 3.37. The number of carbonyl (C=O) groups is 4. The van der Waals surface area contributed by atoms with Crippen LogP contribution in [-0.2, 0) is 15.8 Å². The van der Waals surface area contributed by atoms with Crippen molar-refractivity contribution in [2.24, 2.45) is 17.8 Å². The highest BCUT2D eigenvalue weighted by Gasteiger charge is 2.57. The van der Waals surface area contributed by atoms with Gasteiger partial charge in [0.05, 0.1) is 29.3 Å². The lowest BCUT2D eigenvalue weighted by Gasteiger charge is -2.30. The van der Waals surface area contributed by atoms with E-state index in [1.54, 1.807) is 37.1 Å². The smallest absolute Gasteiger partial charge is 0.389 e. The van der Waals surface area contributed by atoms with Crippen molar-refractivity contribution < 1.29 is 46.2 Å². The Morgan fingerprint density at radius 3 is 1.95 bits per heavy atom. The molecule has 10 nitrogen and oxygen atoms in total. The number of carbonyl (C=O) groups excluding carboxylic acids is 4. The van der Waals surface area contributed by atoms with Crippen molar-refractivity contribution in [2.75, 3.05) is 0 Å². The molecule has 5 aliphatic rings. The van der Waals surface area contributed by atoms with Crippen LogP contribution in [0.5, 0.6) is 0 Å². The predicted octanol–water partition coefficient (Wildman–Crippen LogP) is 6.96. The summed E-state index contributed by atoms with van der Waals surface area (Å²) in [5.41, 5.74) is 0.490. The molecule has 298 valence electrons. The number of piperidine rings is 2. The molecule has 3 saturated carbocycles. The summed E-state index contributed by atoms with van der Waals surface area (Å²) in [5, 5.41) is 12.9. The van der Waals surface area contributed by atoms with E-state index in [0.29, 0.717) is 52.5 Å². The molecule has 0 spiro atoms. The Hall–Kier alpha value is -4.31. The number of hydrogen-bond donors (Lipinski definition) is 2. The number of amides is 3. The van der Waals surface area contributed by atoms with Crippen LogP contribution in [0, 0.1) is 43.2 Å². The maximum atomic E-state index is 14.8. The van der Waals surface area contributed by atoms with Crippen LogP contribution in [0.2, 0.25) is 0 Å². The van der Waals surface area contributed by atoms with Crippen molar-refractivity contribution >= 4 is 39.4 Å². The highest BCUT2D eigenvalue weighted by Crippen LogP contribution is 2.50. The topological polar surface area (TPSA) is 133 Å². The molecule has 2 aromatic heterocycles. The number of hydrogen-bond acceptors (Lipinski definition) is 7. The molecular weight excluding hydrogens is 805 g/mol. The molecule has 1 unspecified atom stereocenters. The summed E-state index contributed by atoms with van der Waals surface area (Å²) in [6.45, 7) is 6.64. The van der Waals surface area contributed by atoms with Gasteiger partial charge in [-0.05, 0) is 124 Å². The number of aliphatic hydroxyl groups is 1. The van der Waals surface area contributed by atoms with Crippen molar-refractivity contribution in [3.8, 4) is 0 Å². The molecule has 5 fully saturated rings. The number of aryl methyl sites for hydroxylation is 2. The Kier molecular flexibility index (Phi) is 10.6. The molecule has 3 amide bonds. The number of halogens is 6. The summed E-state index contributed by atoms with van der Waals surface area (Å²) in [5.74, 6) is -3.42. The van der Waals surface area contributed by atoms with Crippen molar-refractivity contribution in [3.63, 3.8) is 0 Å². The van der Waals surface area contributed by atoms with Gasteiger partial charge in [0, 0.05) is 57.0 Å². The number of alkyl halides is 3. The zero-order valence-corrected chi connectivity index (χ0v) is 32.6. The number of likely N-dealkylation sites (tertiary alicyclic amines) is 2. The molecule has 2 saturated heterocycles. The molecule has 8 rings (SSSR count). The second-order valence-electron chi connectivity index (χ2n) is 15.7. The van der Waals surface area contributed by atoms with Crippen LogP contribution in [-0.4, -0.2) is 72.5 Å². The number of ketones is 1. The van der Waals surface area contributed by atoms with Crippen molar-refractivity contribution in [3.05, 3.63) is 92.0 Å². The molecular formula is C40H41BrF5N5O5. The van der Waals surface area contributed by atoms with E-state index in [1.165, 1.54) is 18.0 Å². The second-order valence-corrected chi connectivity index (χ2v) is 16.6. The van der Waals surface area contributed by atoms with E-state index >= 15 is 0 Å². The second kappa shape index (κ2) is 14.9. The maximum Gasteiger partial charge on any atom is 0.419 e. The van der Waals surface area contributed by atoms with Gasteiger partial charge in [-0.2, -0.15) is 13.2 Å². The summed E-state index contributed by atoms with van der Waals surface area (Å²) in [6.07, 6.45) is 1.23. The van der Waals surface area contributed by atoms with Gasteiger partial charge in [0.25, 0.3) is 11.8 Å². The van der Waals surface area contributed by atoms with Gasteiger partial charge in [-0.15, -0.1) is 0 Å². The van der Waals surface area contributed by atoms with Gasteiger partial charge in [-0.25, -0.2) is 8.78 Å². The van der Waals surface area contributed by atoms with E-state index in [9.17, 15) is 46.2 Å². The lowest BCUT2D eigenvalue weighted by Crippen LogP contribution is -2.49. The Bertz CT molecular complexity index is 2110. The van der Waals surface area contributed by atoms with Gasteiger partial charge in [-0.3, -0.25) is 29.1 Å². The zero-order chi connectivity index (χ0) is 40.5. The fourth-order valence-electron chi connectivity index (χ4n) is 8.31. The van der Waals surface area contributed by atoms with Gasteiger partial charge < -0.3 is 20.2 Å². The van der Waals surface area contributed by atoms with E-state index in [4.69, 9.17) is 0 Å². The first-order chi connectivity index (χ1) is 26.3. The molecule has 2 N–H and O–H groups in total. The van der Waals surface area contributed by atoms with Crippen LogP contribution in [0.3, 0.4) is 0 Å². The fraction of sp³-hybridized carbons (Fsp3) is 0.500. The van der Waals surface area contributed by atoms with Gasteiger partial charge >= 0.3 is 6.18 Å². The Balaban J connectivity index is 0.000000211. The summed E-state index contributed by atoms with van der Waals surface area (Å²) in [4.78, 5) is 63.0. The van der Waals surface area contributed by atoms with Gasteiger partial charge in [0.1, 0.15) is 17.7 Å². The van der Waals surface area contributed by atoms with Crippen LogP contribution in [0.25, 0.3) is 0 Å². The molecule has 16 heteroatoms. The highest BCUT2D eigenvalue weighted by molar-refractivity contribution is 9.10. The SMILES string of the molecule is CC(=O)[C@H]1C[C@H]2C[C@H]2N1C(=O)c1cc(C)ncc1Br.Cc1cc(C(=O)N2[C@@H](C(=O)N[C@@H](c3cc(F)c(C(F)(F)F)cc3F)C3CC3)C[C@H]3C[C@H]32)c(C(C)O)cn1. The molecule has 3 aliphatic carbocycles. The number of benzene rings is 1. The fourth-order valence-corrected chi connectivity index (χ4v) is 8.70. The summed E-state index contributed by atoms with van der Waals surface area (Å²) in [7, 11) is 0. The van der Waals surface area contributed by atoms with E-state index in [-0.39, 0.29) is 58.8 Å². The van der Waals surface area contributed by atoms with Crippen LogP contribution in [0.4, 0.5) is 22.0 Å². The minimum absolute atomic E-state index is 0.0532. The highest BCUT2D eigenvalue weighted by atomic mass is 79.9. The van der Waals surface area contributed by atoms with Crippen molar-refractivity contribution in [2.45, 2.75) is 109 Å². The summed E-state index contributed by atoms with van der Waals surface area (Å²) in [6, 6.07) is 1.93. The van der Waals surface area contributed by atoms with Crippen molar-refractivity contribution in [1.82, 2.24) is 25.1 Å². The Morgan fingerprint density at radius 1 is 0.821 bits per heavy atom. The molecule has 2 aliphatic heterocycles. The third-order valence-corrected chi connectivity index (χ3v) is 12.2. The first-order valence-electron chi connectivity index (χ1n) is 18.6. The number of aliphatic hydroxyl groups excluding tert-OH is 1. The van der Waals surface area contributed by atoms with Gasteiger partial charge in [0.15, 0.2) is 5.78 Å². The third kappa shape index (κ3) is 7.83. The van der Waals surface area contributed by atoms with Crippen LogP contribution in [0.1, 0.15) is 113 Å². The molecule has 0 radical (unpaired) electrons. The first kappa shape index (κ1) is 39.9. The monoisotopic (exact) mass is 845 g/mol. The van der Waals surface area contributed by atoms with E-state index in [1.807, 2.05) is 6.92 Å². The minimum Gasteiger partial charge on any atom is -0.389 e. The lowest BCUT2D eigenvalue weighted by atomic mass is 9.98. The molecule has 4 heterocycles. The van der Waals surface area contributed by atoms with E-state index in [0.717, 1.165) is 25.0 Å². The average molecular weight is 847 g/mol. The number of nitrogens with zero attached hydrogens (tertiary/aromatic N) is 4. The molecule has 8 atom stereocenters. The number of Topliss-reactive ketones (excluding diaryl/α,β-unsaturated/α-hetero) is 1. The normalized spacial score (nSPS) is 25.7. The van der Waals surface area contributed by atoms with Gasteiger partial charge in [-0.1, -0.05) is 0 Å². The van der Waals surface area contributed by atoms with Crippen LogP contribution < -0.4 is 5.32 Å². The van der Waals surface area contributed by atoms with E-state index < -0.39 is 53.4 Å². The number of nitrogens with one attached hydrogen (secondary N) is 1. The zero-order valence-electron chi connectivity index (χ0n) is 31.0. The van der Waals surface area contributed by atoms with Crippen LogP contribution in [0.15, 0.2) is 41.1 Å². The number of aromatic nitrogens is 2. The quantitative estimate of drug-likeness (QED) is 0.235. The number of rotatable bonds is 8. The molecule has 3 aromatic rings. The largest absolute Gasteiger partial charge is 0.419 e. The van der Waals surface area contributed by atoms with Crippen LogP contribution >= 0.6 is 15.9 Å². The Morgan fingerprint density at radius 2 is 1.38 bits per heavy atom. The van der Waals surface area contributed by atoms with E-state index in [2.05, 4.69) is 31.2 Å². The van der Waals surface area contributed by atoms with Gasteiger partial charge in [0.2, 0.25) is 5.91 Å². The maximum absolute atomic E-state index is 14.8. The third-order valence-electron chi connectivity index (χ3n) is 11.5. The molecule has 56 heavy (non-hydrogen) atoms. The molecule has 0 bridgehead atoms. The number of fused-ring (bicyclic) bond motifs is 2. The number of pyridine rings is 2. The van der Waals surface area contributed by atoms with Crippen molar-refractivity contribution in [1.29, 1.82) is 0 Å². The average Bonchev–Trinajstić information content (AvgIpc) is 4.09.